The van der Waals surface area contributed by atoms with Gasteiger partial charge in [-0.2, -0.15) is 0 Å². The zero-order valence-corrected chi connectivity index (χ0v) is 17.2. The Kier molecular flexibility index (Phi) is 5.52. The van der Waals surface area contributed by atoms with Gasteiger partial charge in [-0.3, -0.25) is 15.0 Å². The summed E-state index contributed by atoms with van der Waals surface area (Å²) in [5.74, 6) is -0.236. The number of halogens is 1. The van der Waals surface area contributed by atoms with Crippen molar-refractivity contribution in [2.24, 2.45) is 5.41 Å². The Bertz CT molecular complexity index is 753. The second-order valence-corrected chi connectivity index (χ2v) is 8.89. The van der Waals surface area contributed by atoms with Gasteiger partial charge >= 0.3 is 6.03 Å². The number of urea groups is 1. The number of carbonyl (C=O) groups is 2. The number of anilines is 2. The molecule has 152 valence electrons. The van der Waals surface area contributed by atoms with E-state index < -0.39 is 6.03 Å². The molecule has 7 heteroatoms. The smallest absolute Gasteiger partial charge is 0.328 e. The number of hydrogen-bond acceptors (Lipinski definition) is 4. The summed E-state index contributed by atoms with van der Waals surface area (Å²) in [7, 11) is 2.14. The highest BCUT2D eigenvalue weighted by Gasteiger charge is 2.37. The lowest BCUT2D eigenvalue weighted by Gasteiger charge is -2.45. The lowest BCUT2D eigenvalue weighted by Crippen LogP contribution is -2.49. The number of nitrogens with zero attached hydrogens (tertiary/aromatic N) is 2. The van der Waals surface area contributed by atoms with Crippen molar-refractivity contribution in [2.45, 2.75) is 51.0 Å². The van der Waals surface area contributed by atoms with Crippen molar-refractivity contribution in [3.63, 3.8) is 0 Å². The standard InChI is InChI=1S/C21H29ClN4O2/c1-25(15-4-7-21(8-5-15)9-11-23-12-10-21)16-2-3-17(22)18(14-16)26-13-6-19(27)24-20(26)28/h2-3,14-15,23H,4-13H2,1H3,(H,24,27,28). The number of rotatable bonds is 3. The van der Waals surface area contributed by atoms with Gasteiger partial charge in [0.15, 0.2) is 0 Å². The summed E-state index contributed by atoms with van der Waals surface area (Å²) in [6.07, 6.45) is 7.89. The molecule has 0 unspecified atom stereocenters. The first-order valence-electron chi connectivity index (χ1n) is 10.3. The Labute approximate surface area is 171 Å². The van der Waals surface area contributed by atoms with Crippen molar-refractivity contribution in [2.75, 3.05) is 36.5 Å². The topological polar surface area (TPSA) is 64.7 Å². The summed E-state index contributed by atoms with van der Waals surface area (Å²) in [6, 6.07) is 5.96. The molecule has 2 saturated heterocycles. The highest BCUT2D eigenvalue weighted by molar-refractivity contribution is 6.34. The van der Waals surface area contributed by atoms with E-state index in [0.29, 0.717) is 35.1 Å². The number of benzene rings is 1. The molecule has 1 aliphatic carbocycles. The van der Waals surface area contributed by atoms with Crippen LogP contribution in [0.3, 0.4) is 0 Å². The minimum Gasteiger partial charge on any atom is -0.372 e. The lowest BCUT2D eigenvalue weighted by atomic mass is 9.67. The number of imide groups is 1. The molecule has 4 rings (SSSR count). The molecule has 0 atom stereocenters. The molecule has 1 aromatic rings. The van der Waals surface area contributed by atoms with Crippen LogP contribution in [-0.2, 0) is 4.79 Å². The number of nitrogens with one attached hydrogen (secondary N) is 2. The molecule has 3 amide bonds. The molecule has 1 spiro atoms. The van der Waals surface area contributed by atoms with Crippen molar-refractivity contribution >= 4 is 34.9 Å². The molecule has 28 heavy (non-hydrogen) atoms. The van der Waals surface area contributed by atoms with Gasteiger partial charge in [0.05, 0.1) is 10.7 Å². The summed E-state index contributed by atoms with van der Waals surface area (Å²) < 4.78 is 0. The van der Waals surface area contributed by atoms with Gasteiger partial charge in [-0.25, -0.2) is 4.79 Å². The summed E-state index contributed by atoms with van der Waals surface area (Å²) in [6.45, 7) is 2.67. The van der Waals surface area contributed by atoms with E-state index in [2.05, 4.69) is 22.6 Å². The second kappa shape index (κ2) is 7.91. The zero-order chi connectivity index (χ0) is 19.7. The molecule has 0 bridgehead atoms. The van der Waals surface area contributed by atoms with E-state index in [4.69, 9.17) is 11.6 Å². The van der Waals surface area contributed by atoms with Crippen LogP contribution >= 0.6 is 11.6 Å². The largest absolute Gasteiger partial charge is 0.372 e. The Balaban J connectivity index is 1.47. The van der Waals surface area contributed by atoms with Crippen molar-refractivity contribution in [1.82, 2.24) is 10.6 Å². The third kappa shape index (κ3) is 3.85. The van der Waals surface area contributed by atoms with Crippen LogP contribution in [0.2, 0.25) is 5.02 Å². The monoisotopic (exact) mass is 404 g/mol. The van der Waals surface area contributed by atoms with Crippen molar-refractivity contribution in [1.29, 1.82) is 0 Å². The fraction of sp³-hybridized carbons (Fsp3) is 0.619. The molecule has 0 radical (unpaired) electrons. The first-order valence-corrected chi connectivity index (χ1v) is 10.7. The minimum absolute atomic E-state index is 0.236. The molecular formula is C21H29ClN4O2. The fourth-order valence-corrected chi connectivity index (χ4v) is 5.21. The van der Waals surface area contributed by atoms with Gasteiger partial charge in [-0.05, 0) is 75.2 Å². The Morgan fingerprint density at radius 1 is 1.14 bits per heavy atom. The van der Waals surface area contributed by atoms with E-state index in [1.807, 2.05) is 18.2 Å². The van der Waals surface area contributed by atoms with Crippen molar-refractivity contribution in [3.05, 3.63) is 23.2 Å². The van der Waals surface area contributed by atoms with Gasteiger partial charge in [-0.1, -0.05) is 11.6 Å². The maximum Gasteiger partial charge on any atom is 0.328 e. The molecule has 1 saturated carbocycles. The van der Waals surface area contributed by atoms with E-state index in [1.165, 1.54) is 38.5 Å². The molecule has 3 fully saturated rings. The van der Waals surface area contributed by atoms with Gasteiger partial charge in [0.25, 0.3) is 0 Å². The number of piperidine rings is 1. The predicted octanol–water partition coefficient (Wildman–Crippen LogP) is 3.53. The van der Waals surface area contributed by atoms with E-state index in [9.17, 15) is 9.59 Å². The molecule has 6 nitrogen and oxygen atoms in total. The van der Waals surface area contributed by atoms with Gasteiger partial charge in [0.1, 0.15) is 0 Å². The van der Waals surface area contributed by atoms with Crippen LogP contribution in [0.4, 0.5) is 16.2 Å². The van der Waals surface area contributed by atoms with E-state index in [-0.39, 0.29) is 5.91 Å². The van der Waals surface area contributed by atoms with Crippen molar-refractivity contribution in [3.8, 4) is 0 Å². The van der Waals surface area contributed by atoms with Gasteiger partial charge < -0.3 is 10.2 Å². The first kappa shape index (κ1) is 19.5. The van der Waals surface area contributed by atoms with Gasteiger partial charge in [0.2, 0.25) is 5.91 Å². The number of carbonyl (C=O) groups excluding carboxylic acids is 2. The quantitative estimate of drug-likeness (QED) is 0.808. The molecule has 3 aliphatic rings. The number of hydrogen-bond donors (Lipinski definition) is 2. The molecule has 2 aliphatic heterocycles. The average Bonchev–Trinajstić information content (AvgIpc) is 2.70. The summed E-state index contributed by atoms with van der Waals surface area (Å²) >= 11 is 6.39. The Hall–Kier alpha value is -1.79. The van der Waals surface area contributed by atoms with Crippen LogP contribution in [0.5, 0.6) is 0 Å². The summed E-state index contributed by atoms with van der Waals surface area (Å²) in [5.41, 5.74) is 2.28. The van der Waals surface area contributed by atoms with Crippen LogP contribution in [-0.4, -0.2) is 44.7 Å². The second-order valence-electron chi connectivity index (χ2n) is 8.48. The van der Waals surface area contributed by atoms with Gasteiger partial charge in [-0.15, -0.1) is 0 Å². The highest BCUT2D eigenvalue weighted by Crippen LogP contribution is 2.45. The highest BCUT2D eigenvalue weighted by atomic mass is 35.5. The van der Waals surface area contributed by atoms with Crippen LogP contribution < -0.4 is 20.4 Å². The molecule has 1 aromatic carbocycles. The third-order valence-corrected chi connectivity index (χ3v) is 7.23. The molecule has 0 aromatic heterocycles. The van der Waals surface area contributed by atoms with E-state index >= 15 is 0 Å². The molecular weight excluding hydrogens is 376 g/mol. The number of amides is 3. The van der Waals surface area contributed by atoms with Crippen molar-refractivity contribution < 1.29 is 9.59 Å². The predicted molar refractivity (Wildman–Crippen MR) is 112 cm³/mol. The van der Waals surface area contributed by atoms with Crippen LogP contribution in [0.25, 0.3) is 0 Å². The maximum atomic E-state index is 12.2. The normalized spacial score (nSPS) is 23.0. The Morgan fingerprint density at radius 2 is 1.86 bits per heavy atom. The maximum absolute atomic E-state index is 12.2. The SMILES string of the molecule is CN(c1ccc(Cl)c(N2CCC(=O)NC2=O)c1)C1CCC2(CCNCC2)CC1. The Morgan fingerprint density at radius 3 is 2.54 bits per heavy atom. The average molecular weight is 405 g/mol. The molecule has 2 heterocycles. The van der Waals surface area contributed by atoms with Crippen LogP contribution in [0.1, 0.15) is 44.9 Å². The van der Waals surface area contributed by atoms with Crippen LogP contribution in [0, 0.1) is 5.41 Å². The first-order chi connectivity index (χ1) is 13.5. The van der Waals surface area contributed by atoms with E-state index in [1.54, 1.807) is 4.90 Å². The fourth-order valence-electron chi connectivity index (χ4n) is 4.99. The lowest BCUT2D eigenvalue weighted by molar-refractivity contribution is -0.120. The zero-order valence-electron chi connectivity index (χ0n) is 16.5. The van der Waals surface area contributed by atoms with Gasteiger partial charge in [0, 0.05) is 31.7 Å². The van der Waals surface area contributed by atoms with E-state index in [0.717, 1.165) is 18.8 Å². The summed E-state index contributed by atoms with van der Waals surface area (Å²) in [4.78, 5) is 27.6. The molecule has 2 N–H and O–H groups in total. The third-order valence-electron chi connectivity index (χ3n) is 6.91. The van der Waals surface area contributed by atoms with Crippen LogP contribution in [0.15, 0.2) is 18.2 Å². The summed E-state index contributed by atoms with van der Waals surface area (Å²) in [5, 5.41) is 6.38. The minimum atomic E-state index is -0.400.